The van der Waals surface area contributed by atoms with Gasteiger partial charge in [-0.05, 0) is 49.9 Å². The highest BCUT2D eigenvalue weighted by Gasteiger charge is 2.13. The van der Waals surface area contributed by atoms with Crippen LogP contribution in [0.4, 0.5) is 11.4 Å². The molecule has 0 spiro atoms. The van der Waals surface area contributed by atoms with Crippen LogP contribution in [0.3, 0.4) is 0 Å². The molecule has 0 bridgehead atoms. The van der Waals surface area contributed by atoms with E-state index in [1.165, 1.54) is 53.5 Å². The SMILES string of the molecule is CCc1ccc(CNc2ccccc2N2CCCCC2)s1. The van der Waals surface area contributed by atoms with Crippen molar-refractivity contribution >= 4 is 22.7 Å². The van der Waals surface area contributed by atoms with Gasteiger partial charge < -0.3 is 10.2 Å². The molecule has 1 aromatic carbocycles. The van der Waals surface area contributed by atoms with E-state index in [4.69, 9.17) is 0 Å². The normalized spacial score (nSPS) is 15.2. The predicted molar refractivity (Wildman–Crippen MR) is 93.5 cm³/mol. The molecule has 0 radical (unpaired) electrons. The van der Waals surface area contributed by atoms with E-state index >= 15 is 0 Å². The molecule has 1 aliphatic heterocycles. The highest BCUT2D eigenvalue weighted by Crippen LogP contribution is 2.29. The molecule has 1 aliphatic rings. The summed E-state index contributed by atoms with van der Waals surface area (Å²) < 4.78 is 0. The van der Waals surface area contributed by atoms with E-state index in [9.17, 15) is 0 Å². The highest BCUT2D eigenvalue weighted by molar-refractivity contribution is 7.12. The average molecular weight is 300 g/mol. The maximum absolute atomic E-state index is 3.63. The van der Waals surface area contributed by atoms with Crippen LogP contribution in [-0.2, 0) is 13.0 Å². The minimum absolute atomic E-state index is 0.926. The van der Waals surface area contributed by atoms with Gasteiger partial charge in [-0.15, -0.1) is 11.3 Å². The van der Waals surface area contributed by atoms with Gasteiger partial charge in [-0.2, -0.15) is 0 Å². The molecule has 0 saturated carbocycles. The Labute approximate surface area is 131 Å². The Morgan fingerprint density at radius 3 is 2.52 bits per heavy atom. The Morgan fingerprint density at radius 2 is 1.76 bits per heavy atom. The predicted octanol–water partition coefficient (Wildman–Crippen LogP) is 4.91. The molecule has 0 aliphatic carbocycles. The third-order valence-corrected chi connectivity index (χ3v) is 5.35. The lowest BCUT2D eigenvalue weighted by Gasteiger charge is -2.30. The molecule has 0 unspecified atom stereocenters. The largest absolute Gasteiger partial charge is 0.378 e. The van der Waals surface area contributed by atoms with Crippen LogP contribution in [0.2, 0.25) is 0 Å². The average Bonchev–Trinajstić information content (AvgIpc) is 3.02. The lowest BCUT2D eigenvalue weighted by molar-refractivity contribution is 0.578. The lowest BCUT2D eigenvalue weighted by Crippen LogP contribution is -2.30. The van der Waals surface area contributed by atoms with Gasteiger partial charge >= 0.3 is 0 Å². The molecule has 21 heavy (non-hydrogen) atoms. The number of thiophene rings is 1. The van der Waals surface area contributed by atoms with Crippen molar-refractivity contribution < 1.29 is 0 Å². The molecule has 1 fully saturated rings. The van der Waals surface area contributed by atoms with Crippen molar-refractivity contribution in [2.75, 3.05) is 23.3 Å². The molecule has 1 N–H and O–H groups in total. The molecule has 1 saturated heterocycles. The summed E-state index contributed by atoms with van der Waals surface area (Å²) in [5.74, 6) is 0. The van der Waals surface area contributed by atoms with E-state index in [-0.39, 0.29) is 0 Å². The summed E-state index contributed by atoms with van der Waals surface area (Å²) >= 11 is 1.92. The molecule has 2 heterocycles. The fourth-order valence-corrected chi connectivity index (χ4v) is 3.82. The molecule has 3 heteroatoms. The zero-order valence-electron chi connectivity index (χ0n) is 12.8. The first kappa shape index (κ1) is 14.5. The van der Waals surface area contributed by atoms with Crippen molar-refractivity contribution in [3.63, 3.8) is 0 Å². The van der Waals surface area contributed by atoms with Gasteiger partial charge in [0.2, 0.25) is 0 Å². The van der Waals surface area contributed by atoms with Crippen molar-refractivity contribution in [3.05, 3.63) is 46.2 Å². The third-order valence-electron chi connectivity index (χ3n) is 4.12. The maximum atomic E-state index is 3.63. The van der Waals surface area contributed by atoms with E-state index in [1.807, 2.05) is 11.3 Å². The summed E-state index contributed by atoms with van der Waals surface area (Å²) in [7, 11) is 0. The zero-order valence-corrected chi connectivity index (χ0v) is 13.6. The molecule has 2 nitrogen and oxygen atoms in total. The number of hydrogen-bond donors (Lipinski definition) is 1. The van der Waals surface area contributed by atoms with Gasteiger partial charge in [0.15, 0.2) is 0 Å². The summed E-state index contributed by atoms with van der Waals surface area (Å²) in [4.78, 5) is 5.41. The zero-order chi connectivity index (χ0) is 14.5. The van der Waals surface area contributed by atoms with Crippen LogP contribution in [0.1, 0.15) is 35.9 Å². The summed E-state index contributed by atoms with van der Waals surface area (Å²) in [5.41, 5.74) is 2.63. The topological polar surface area (TPSA) is 15.3 Å². The van der Waals surface area contributed by atoms with E-state index in [0.717, 1.165) is 13.0 Å². The summed E-state index contributed by atoms with van der Waals surface area (Å²) in [6, 6.07) is 13.2. The molecule has 0 amide bonds. The van der Waals surface area contributed by atoms with Gasteiger partial charge in [-0.1, -0.05) is 19.1 Å². The minimum atomic E-state index is 0.926. The van der Waals surface area contributed by atoms with Crippen molar-refractivity contribution in [1.29, 1.82) is 0 Å². The second-order valence-electron chi connectivity index (χ2n) is 5.64. The molecular weight excluding hydrogens is 276 g/mol. The highest BCUT2D eigenvalue weighted by atomic mass is 32.1. The smallest absolute Gasteiger partial charge is 0.0602 e. The molecule has 3 rings (SSSR count). The first-order valence-corrected chi connectivity index (χ1v) is 8.84. The van der Waals surface area contributed by atoms with E-state index < -0.39 is 0 Å². The van der Waals surface area contributed by atoms with Gasteiger partial charge in [0.05, 0.1) is 11.4 Å². The van der Waals surface area contributed by atoms with Crippen molar-refractivity contribution in [3.8, 4) is 0 Å². The molecular formula is C18H24N2S. The van der Waals surface area contributed by atoms with Crippen LogP contribution in [-0.4, -0.2) is 13.1 Å². The fourth-order valence-electron chi connectivity index (χ4n) is 2.92. The number of piperidine rings is 1. The van der Waals surface area contributed by atoms with E-state index in [2.05, 4.69) is 53.5 Å². The van der Waals surface area contributed by atoms with Crippen LogP contribution < -0.4 is 10.2 Å². The van der Waals surface area contributed by atoms with Crippen LogP contribution in [0.25, 0.3) is 0 Å². The van der Waals surface area contributed by atoms with E-state index in [1.54, 1.807) is 0 Å². The van der Waals surface area contributed by atoms with Crippen LogP contribution in [0, 0.1) is 0 Å². The van der Waals surface area contributed by atoms with Crippen LogP contribution in [0.15, 0.2) is 36.4 Å². The van der Waals surface area contributed by atoms with Gasteiger partial charge in [-0.25, -0.2) is 0 Å². The maximum Gasteiger partial charge on any atom is 0.0602 e. The van der Waals surface area contributed by atoms with Gasteiger partial charge in [-0.3, -0.25) is 0 Å². The molecule has 2 aromatic rings. The first-order valence-electron chi connectivity index (χ1n) is 8.02. The second kappa shape index (κ2) is 6.99. The third kappa shape index (κ3) is 3.59. The molecule has 1 aromatic heterocycles. The number of aryl methyl sites for hydroxylation is 1. The number of rotatable bonds is 5. The van der Waals surface area contributed by atoms with Gasteiger partial charge in [0, 0.05) is 29.4 Å². The summed E-state index contributed by atoms with van der Waals surface area (Å²) in [5, 5.41) is 3.63. The van der Waals surface area contributed by atoms with Crippen molar-refractivity contribution in [1.82, 2.24) is 0 Å². The van der Waals surface area contributed by atoms with Crippen molar-refractivity contribution in [2.24, 2.45) is 0 Å². The molecule has 0 atom stereocenters. The Bertz CT molecular complexity index is 570. The van der Waals surface area contributed by atoms with Gasteiger partial charge in [0.25, 0.3) is 0 Å². The summed E-state index contributed by atoms with van der Waals surface area (Å²) in [6.45, 7) is 5.53. The quantitative estimate of drug-likeness (QED) is 0.843. The van der Waals surface area contributed by atoms with Crippen molar-refractivity contribution in [2.45, 2.75) is 39.2 Å². The number of anilines is 2. The Morgan fingerprint density at radius 1 is 1.00 bits per heavy atom. The number of nitrogens with one attached hydrogen (secondary N) is 1. The Balaban J connectivity index is 1.69. The first-order chi connectivity index (χ1) is 10.4. The number of nitrogens with zero attached hydrogens (tertiary/aromatic N) is 1. The monoisotopic (exact) mass is 300 g/mol. The second-order valence-corrected chi connectivity index (χ2v) is 6.89. The minimum Gasteiger partial charge on any atom is -0.378 e. The van der Waals surface area contributed by atoms with E-state index in [0.29, 0.717) is 0 Å². The molecule has 112 valence electrons. The number of hydrogen-bond acceptors (Lipinski definition) is 3. The van der Waals surface area contributed by atoms with Crippen LogP contribution >= 0.6 is 11.3 Å². The van der Waals surface area contributed by atoms with Crippen LogP contribution in [0.5, 0.6) is 0 Å². The Kier molecular flexibility index (Phi) is 4.81. The van der Waals surface area contributed by atoms with Gasteiger partial charge in [0.1, 0.15) is 0 Å². The summed E-state index contributed by atoms with van der Waals surface area (Å²) in [6.07, 6.45) is 5.15. The fraction of sp³-hybridized carbons (Fsp3) is 0.444. The number of benzene rings is 1. The lowest BCUT2D eigenvalue weighted by atomic mass is 10.1. The number of para-hydroxylation sites is 2. The Hall–Kier alpha value is -1.48. The standard InChI is InChI=1S/C18H24N2S/c1-2-15-10-11-16(21-15)14-19-17-8-4-5-9-18(17)20-12-6-3-7-13-20/h4-5,8-11,19H,2-3,6-7,12-14H2,1H3.